The number of imidazole rings is 1. The number of nitrogens with zero attached hydrogens (tertiary/aromatic N) is 5. The van der Waals surface area contributed by atoms with Crippen LogP contribution in [0.15, 0.2) is 102 Å². The average Bonchev–Trinajstić information content (AvgIpc) is 3.76. The molecule has 40 heavy (non-hydrogen) atoms. The number of thiophene rings is 1. The Bertz CT molecular complexity index is 1780. The van der Waals surface area contributed by atoms with E-state index in [-0.39, 0.29) is 18.1 Å². The average molecular weight is 548 g/mol. The van der Waals surface area contributed by atoms with Gasteiger partial charge in [-0.15, -0.1) is 11.3 Å². The van der Waals surface area contributed by atoms with Crippen molar-refractivity contribution in [1.82, 2.24) is 19.5 Å². The normalized spacial score (nSPS) is 11.1. The van der Waals surface area contributed by atoms with Gasteiger partial charge >= 0.3 is 0 Å². The standard InChI is InChI=1S/C31H25N5O3S/c1-35(31(38)22-7-3-2-4-8-22)23-9-10-25-24(16-23)34-30(36(25)15-13-21-6-5-14-32-18-21)17-26(37)28-11-12-29(40-28)27-19-33-20-39-27/h2-12,14,16,18-20H,13,15,17H2,1H3. The van der Waals surface area contributed by atoms with Crippen LogP contribution in [0.1, 0.15) is 31.4 Å². The zero-order chi connectivity index (χ0) is 27.5. The van der Waals surface area contributed by atoms with Gasteiger partial charge in [0.25, 0.3) is 5.91 Å². The van der Waals surface area contributed by atoms with Crippen LogP contribution in [0.4, 0.5) is 5.69 Å². The maximum atomic E-state index is 13.4. The zero-order valence-electron chi connectivity index (χ0n) is 21.7. The van der Waals surface area contributed by atoms with Crippen LogP contribution in [0.5, 0.6) is 0 Å². The number of aromatic nitrogens is 4. The van der Waals surface area contributed by atoms with E-state index >= 15 is 0 Å². The van der Waals surface area contributed by atoms with Gasteiger partial charge in [-0.3, -0.25) is 14.6 Å². The summed E-state index contributed by atoms with van der Waals surface area (Å²) in [6.07, 6.45) is 7.50. The Morgan fingerprint density at radius 1 is 0.975 bits per heavy atom. The first kappa shape index (κ1) is 25.4. The van der Waals surface area contributed by atoms with Gasteiger partial charge in [0.1, 0.15) is 5.82 Å². The Morgan fingerprint density at radius 3 is 2.62 bits per heavy atom. The van der Waals surface area contributed by atoms with Gasteiger partial charge in [-0.05, 0) is 60.5 Å². The number of hydrogen-bond acceptors (Lipinski definition) is 7. The molecule has 8 nitrogen and oxygen atoms in total. The maximum absolute atomic E-state index is 13.4. The van der Waals surface area contributed by atoms with Crippen molar-refractivity contribution in [3.63, 3.8) is 0 Å². The van der Waals surface area contributed by atoms with Crippen molar-refractivity contribution in [2.45, 2.75) is 19.4 Å². The lowest BCUT2D eigenvalue weighted by Crippen LogP contribution is -2.26. The molecular weight excluding hydrogens is 522 g/mol. The predicted octanol–water partition coefficient (Wildman–Crippen LogP) is 6.09. The van der Waals surface area contributed by atoms with E-state index in [1.54, 1.807) is 36.5 Å². The molecule has 0 aliphatic carbocycles. The number of fused-ring (bicyclic) bond motifs is 1. The van der Waals surface area contributed by atoms with E-state index in [0.29, 0.717) is 28.6 Å². The molecule has 4 heterocycles. The van der Waals surface area contributed by atoms with E-state index in [1.165, 1.54) is 17.7 Å². The van der Waals surface area contributed by atoms with Crippen LogP contribution in [0.2, 0.25) is 0 Å². The van der Waals surface area contributed by atoms with Crippen LogP contribution in [0, 0.1) is 0 Å². The Kier molecular flexibility index (Phi) is 7.03. The van der Waals surface area contributed by atoms with Gasteiger partial charge in [0.2, 0.25) is 0 Å². The van der Waals surface area contributed by atoms with Gasteiger partial charge in [0.15, 0.2) is 17.9 Å². The Morgan fingerprint density at radius 2 is 1.85 bits per heavy atom. The molecule has 0 saturated heterocycles. The second kappa shape index (κ2) is 11.1. The molecular formula is C31H25N5O3S. The second-order valence-electron chi connectivity index (χ2n) is 9.32. The minimum absolute atomic E-state index is 0.0229. The van der Waals surface area contributed by atoms with Crippen molar-refractivity contribution in [2.75, 3.05) is 11.9 Å². The van der Waals surface area contributed by atoms with Crippen LogP contribution in [0.3, 0.4) is 0 Å². The van der Waals surface area contributed by atoms with E-state index in [0.717, 1.165) is 33.6 Å². The molecule has 6 aromatic rings. The van der Waals surface area contributed by atoms with Crippen molar-refractivity contribution in [2.24, 2.45) is 0 Å². The molecule has 198 valence electrons. The molecule has 0 bridgehead atoms. The lowest BCUT2D eigenvalue weighted by atomic mass is 10.2. The highest BCUT2D eigenvalue weighted by molar-refractivity contribution is 7.17. The van der Waals surface area contributed by atoms with Gasteiger partial charge in [0, 0.05) is 37.2 Å². The number of benzene rings is 2. The number of rotatable bonds is 9. The highest BCUT2D eigenvalue weighted by Crippen LogP contribution is 2.29. The van der Waals surface area contributed by atoms with Crippen molar-refractivity contribution in [1.29, 1.82) is 0 Å². The van der Waals surface area contributed by atoms with Crippen molar-refractivity contribution in [3.05, 3.63) is 120 Å². The van der Waals surface area contributed by atoms with E-state index in [9.17, 15) is 9.59 Å². The number of hydrogen-bond donors (Lipinski definition) is 0. The summed E-state index contributed by atoms with van der Waals surface area (Å²) in [5.41, 5.74) is 4.07. The number of carbonyl (C=O) groups is 2. The SMILES string of the molecule is CN(C(=O)c1ccccc1)c1ccc2c(c1)nc(CC(=O)c1ccc(-c3cnco3)s1)n2CCc1cccnc1. The van der Waals surface area contributed by atoms with E-state index in [1.807, 2.05) is 66.9 Å². The van der Waals surface area contributed by atoms with E-state index in [2.05, 4.69) is 14.5 Å². The number of ketones is 1. The second-order valence-corrected chi connectivity index (χ2v) is 10.4. The summed E-state index contributed by atoms with van der Waals surface area (Å²) >= 11 is 1.38. The summed E-state index contributed by atoms with van der Waals surface area (Å²) in [5, 5.41) is 0. The number of amides is 1. The zero-order valence-corrected chi connectivity index (χ0v) is 22.5. The van der Waals surface area contributed by atoms with Crippen LogP contribution < -0.4 is 4.90 Å². The maximum Gasteiger partial charge on any atom is 0.258 e. The highest BCUT2D eigenvalue weighted by Gasteiger charge is 2.20. The van der Waals surface area contributed by atoms with Crippen LogP contribution >= 0.6 is 11.3 Å². The topological polar surface area (TPSA) is 94.1 Å². The first-order valence-corrected chi connectivity index (χ1v) is 13.6. The summed E-state index contributed by atoms with van der Waals surface area (Å²) in [7, 11) is 1.75. The molecule has 0 atom stereocenters. The largest absolute Gasteiger partial charge is 0.443 e. The van der Waals surface area contributed by atoms with Gasteiger partial charge in [-0.2, -0.15) is 0 Å². The fourth-order valence-electron chi connectivity index (χ4n) is 4.63. The summed E-state index contributed by atoms with van der Waals surface area (Å²) in [6, 6.07) is 22.6. The summed E-state index contributed by atoms with van der Waals surface area (Å²) in [5.74, 6) is 1.18. The molecule has 0 unspecified atom stereocenters. The number of anilines is 1. The molecule has 0 N–H and O–H groups in total. The lowest BCUT2D eigenvalue weighted by molar-refractivity contribution is 0.0985. The molecule has 4 aromatic heterocycles. The molecule has 2 aromatic carbocycles. The van der Waals surface area contributed by atoms with Crippen LogP contribution in [-0.2, 0) is 19.4 Å². The van der Waals surface area contributed by atoms with E-state index < -0.39 is 0 Å². The number of aryl methyl sites for hydroxylation is 2. The number of oxazole rings is 1. The van der Waals surface area contributed by atoms with Gasteiger partial charge < -0.3 is 13.9 Å². The Balaban J connectivity index is 1.31. The monoisotopic (exact) mass is 547 g/mol. The summed E-state index contributed by atoms with van der Waals surface area (Å²) < 4.78 is 7.47. The number of carbonyl (C=O) groups excluding carboxylic acids is 2. The highest BCUT2D eigenvalue weighted by atomic mass is 32.1. The molecule has 0 aliphatic heterocycles. The van der Waals surface area contributed by atoms with Gasteiger partial charge in [-0.1, -0.05) is 24.3 Å². The minimum Gasteiger partial charge on any atom is -0.443 e. The van der Waals surface area contributed by atoms with Crippen LogP contribution in [-0.4, -0.2) is 38.3 Å². The molecule has 6 rings (SSSR count). The van der Waals surface area contributed by atoms with Crippen LogP contribution in [0.25, 0.3) is 21.7 Å². The summed E-state index contributed by atoms with van der Waals surface area (Å²) in [4.78, 5) is 42.6. The smallest absolute Gasteiger partial charge is 0.258 e. The summed E-state index contributed by atoms with van der Waals surface area (Å²) in [6.45, 7) is 0.636. The predicted molar refractivity (Wildman–Crippen MR) is 155 cm³/mol. The van der Waals surface area contributed by atoms with Crippen molar-refractivity contribution >= 4 is 39.7 Å². The minimum atomic E-state index is -0.105. The molecule has 9 heteroatoms. The molecule has 0 radical (unpaired) electrons. The molecule has 0 aliphatic rings. The molecule has 0 spiro atoms. The van der Waals surface area contributed by atoms with Crippen molar-refractivity contribution < 1.29 is 14.0 Å². The molecule has 0 saturated carbocycles. The third-order valence-corrected chi connectivity index (χ3v) is 7.89. The van der Waals surface area contributed by atoms with Gasteiger partial charge in [0.05, 0.1) is 33.4 Å². The third-order valence-electron chi connectivity index (χ3n) is 6.75. The fourth-order valence-corrected chi connectivity index (χ4v) is 5.52. The first-order valence-electron chi connectivity index (χ1n) is 12.8. The number of Topliss-reactive ketones (excluding diaryl/α,β-unsaturated/α-hetero) is 1. The fraction of sp³-hybridized carbons (Fsp3) is 0.129. The lowest BCUT2D eigenvalue weighted by Gasteiger charge is -2.17. The van der Waals surface area contributed by atoms with Crippen molar-refractivity contribution in [3.8, 4) is 10.6 Å². The molecule has 0 fully saturated rings. The quantitative estimate of drug-likeness (QED) is 0.203. The third kappa shape index (κ3) is 5.19. The molecule has 1 amide bonds. The van der Waals surface area contributed by atoms with E-state index in [4.69, 9.17) is 9.40 Å². The first-order chi connectivity index (χ1) is 19.6. The number of pyridine rings is 1. The Labute approximate surface area is 234 Å². The Hall–Kier alpha value is -4.89. The van der Waals surface area contributed by atoms with Gasteiger partial charge in [-0.25, -0.2) is 9.97 Å².